The van der Waals surface area contributed by atoms with Gasteiger partial charge in [-0.25, -0.2) is 0 Å². The number of allylic oxidation sites excluding steroid dienone is 6. The maximum Gasteiger partial charge on any atom is 0.263 e. The van der Waals surface area contributed by atoms with Crippen LogP contribution in [-0.2, 0) is 0 Å². The van der Waals surface area contributed by atoms with Crippen LogP contribution in [0.25, 0.3) is 54.7 Å². The van der Waals surface area contributed by atoms with E-state index in [1.807, 2.05) is 34.7 Å². The molecule has 6 aromatic rings. The zero-order valence-corrected chi connectivity index (χ0v) is 19.5. The lowest BCUT2D eigenvalue weighted by Gasteiger charge is -2.12. The molecule has 0 aliphatic heterocycles. The Morgan fingerprint density at radius 3 is 2.26 bits per heavy atom. The molecular formula is C33H23NO. The van der Waals surface area contributed by atoms with Gasteiger partial charge in [0.2, 0.25) is 0 Å². The van der Waals surface area contributed by atoms with E-state index in [9.17, 15) is 4.79 Å². The molecule has 0 unspecified atom stereocenters. The van der Waals surface area contributed by atoms with Gasteiger partial charge in [-0.15, -0.1) is 0 Å². The van der Waals surface area contributed by atoms with E-state index in [2.05, 4.69) is 85.8 Å². The van der Waals surface area contributed by atoms with Crippen molar-refractivity contribution in [1.29, 1.82) is 0 Å². The van der Waals surface area contributed by atoms with Gasteiger partial charge in [-0.2, -0.15) is 0 Å². The van der Waals surface area contributed by atoms with E-state index in [-0.39, 0.29) is 5.56 Å². The number of benzene rings is 4. The quantitative estimate of drug-likeness (QED) is 0.244. The molecule has 166 valence electrons. The van der Waals surface area contributed by atoms with Crippen molar-refractivity contribution in [3.8, 4) is 11.1 Å². The van der Waals surface area contributed by atoms with Crippen molar-refractivity contribution in [3.63, 3.8) is 0 Å². The average Bonchev–Trinajstić information content (AvgIpc) is 3.27. The van der Waals surface area contributed by atoms with Crippen LogP contribution in [-0.4, -0.2) is 4.40 Å². The second kappa shape index (κ2) is 7.54. The Labute approximate surface area is 203 Å². The minimum Gasteiger partial charge on any atom is -0.275 e. The molecule has 7 rings (SSSR count). The van der Waals surface area contributed by atoms with E-state index in [0.717, 1.165) is 44.4 Å². The number of fused-ring (bicyclic) bond motifs is 5. The summed E-state index contributed by atoms with van der Waals surface area (Å²) in [6.45, 7) is 2.21. The van der Waals surface area contributed by atoms with Crippen molar-refractivity contribution in [1.82, 2.24) is 4.40 Å². The van der Waals surface area contributed by atoms with E-state index in [4.69, 9.17) is 0 Å². The molecule has 0 amide bonds. The summed E-state index contributed by atoms with van der Waals surface area (Å²) in [7, 11) is 0. The van der Waals surface area contributed by atoms with Crippen molar-refractivity contribution in [2.75, 3.05) is 0 Å². The fourth-order valence-corrected chi connectivity index (χ4v) is 5.61. The van der Waals surface area contributed by atoms with Crippen LogP contribution < -0.4 is 5.56 Å². The fraction of sp³-hybridized carbons (Fsp3) is 0.0606. The van der Waals surface area contributed by atoms with Crippen molar-refractivity contribution in [2.24, 2.45) is 0 Å². The summed E-state index contributed by atoms with van der Waals surface area (Å²) in [5.41, 5.74) is 8.27. The maximum atomic E-state index is 13.5. The first-order valence-corrected chi connectivity index (χ1v) is 12.1. The number of nitrogens with zero attached hydrogens (tertiary/aromatic N) is 1. The van der Waals surface area contributed by atoms with Crippen molar-refractivity contribution < 1.29 is 0 Å². The molecule has 0 fully saturated rings. The maximum absolute atomic E-state index is 13.5. The highest BCUT2D eigenvalue weighted by molar-refractivity contribution is 6.21. The molecule has 2 heterocycles. The van der Waals surface area contributed by atoms with E-state index in [0.29, 0.717) is 0 Å². The van der Waals surface area contributed by atoms with Crippen molar-refractivity contribution in [2.45, 2.75) is 13.3 Å². The highest BCUT2D eigenvalue weighted by atomic mass is 16.1. The Morgan fingerprint density at radius 2 is 1.46 bits per heavy atom. The molecule has 4 aromatic carbocycles. The number of pyridine rings is 1. The minimum absolute atomic E-state index is 0.0471. The summed E-state index contributed by atoms with van der Waals surface area (Å²) in [6.07, 6.45) is 9.59. The Hall–Kier alpha value is -4.43. The van der Waals surface area contributed by atoms with Gasteiger partial charge in [0.25, 0.3) is 5.56 Å². The van der Waals surface area contributed by atoms with Crippen molar-refractivity contribution in [3.05, 3.63) is 131 Å². The fourth-order valence-electron chi connectivity index (χ4n) is 5.61. The zero-order chi connectivity index (χ0) is 23.5. The van der Waals surface area contributed by atoms with Crippen LogP contribution in [0.4, 0.5) is 0 Å². The highest BCUT2D eigenvalue weighted by Crippen LogP contribution is 2.38. The standard InChI is InChI=1S/C33H23NO/c1-21(22-10-3-2-4-11-22)23-12-9-13-24(18-23)25-19-29-26-14-5-6-16-28(26)33(35)34-31-17-8-7-15-27(31)30(20-25)32(29)34/h2-10,12-20H,11H2,1H3/b22-21+. The number of para-hydroxylation sites is 1. The third kappa shape index (κ3) is 2.93. The van der Waals surface area contributed by atoms with Gasteiger partial charge in [0.1, 0.15) is 0 Å². The smallest absolute Gasteiger partial charge is 0.263 e. The Balaban J connectivity index is 1.56. The first kappa shape index (κ1) is 20.0. The molecule has 0 N–H and O–H groups in total. The van der Waals surface area contributed by atoms with E-state index >= 15 is 0 Å². The average molecular weight is 450 g/mol. The van der Waals surface area contributed by atoms with Gasteiger partial charge in [0, 0.05) is 21.5 Å². The summed E-state index contributed by atoms with van der Waals surface area (Å²) in [5, 5.41) is 5.11. The first-order valence-electron chi connectivity index (χ1n) is 12.1. The molecule has 0 saturated heterocycles. The van der Waals surface area contributed by atoms with Crippen LogP contribution in [0.1, 0.15) is 18.9 Å². The molecule has 2 nitrogen and oxygen atoms in total. The van der Waals surface area contributed by atoms with Crippen LogP contribution in [0.2, 0.25) is 0 Å². The highest BCUT2D eigenvalue weighted by Gasteiger charge is 2.18. The molecule has 0 saturated carbocycles. The van der Waals surface area contributed by atoms with Crippen LogP contribution in [0.15, 0.2) is 120 Å². The third-order valence-electron chi connectivity index (χ3n) is 7.41. The van der Waals surface area contributed by atoms with E-state index in [1.54, 1.807) is 0 Å². The molecule has 35 heavy (non-hydrogen) atoms. The van der Waals surface area contributed by atoms with Crippen molar-refractivity contribution >= 4 is 43.5 Å². The van der Waals surface area contributed by atoms with Gasteiger partial charge in [-0.3, -0.25) is 9.20 Å². The molecule has 1 aliphatic carbocycles. The van der Waals surface area contributed by atoms with Crippen LogP contribution in [0.3, 0.4) is 0 Å². The minimum atomic E-state index is 0.0471. The van der Waals surface area contributed by atoms with Crippen LogP contribution >= 0.6 is 0 Å². The van der Waals surface area contributed by atoms with Crippen LogP contribution in [0, 0.1) is 0 Å². The second-order valence-corrected chi connectivity index (χ2v) is 9.35. The molecule has 0 atom stereocenters. The number of rotatable bonds is 2. The summed E-state index contributed by atoms with van der Waals surface area (Å²) in [4.78, 5) is 13.5. The Bertz CT molecular complexity index is 1950. The number of hydrogen-bond donors (Lipinski definition) is 0. The van der Waals surface area contributed by atoms with Gasteiger partial charge in [-0.05, 0) is 76.9 Å². The Kier molecular flexibility index (Phi) is 4.31. The third-order valence-corrected chi connectivity index (χ3v) is 7.41. The first-order chi connectivity index (χ1) is 17.2. The Morgan fingerprint density at radius 1 is 0.714 bits per heavy atom. The number of hydrogen-bond acceptors (Lipinski definition) is 1. The lowest BCUT2D eigenvalue weighted by atomic mass is 9.93. The summed E-state index contributed by atoms with van der Waals surface area (Å²) in [5.74, 6) is 0. The zero-order valence-electron chi connectivity index (χ0n) is 19.5. The summed E-state index contributed by atoms with van der Waals surface area (Å²) < 4.78 is 1.90. The molecule has 2 heteroatoms. The molecule has 1 aliphatic rings. The normalized spacial score (nSPS) is 15.1. The van der Waals surface area contributed by atoms with Gasteiger partial charge >= 0.3 is 0 Å². The molecule has 0 spiro atoms. The predicted molar refractivity (Wildman–Crippen MR) is 148 cm³/mol. The lowest BCUT2D eigenvalue weighted by molar-refractivity contribution is 1.21. The lowest BCUT2D eigenvalue weighted by Crippen LogP contribution is -2.12. The van der Waals surface area contributed by atoms with Gasteiger partial charge in [-0.1, -0.05) is 78.9 Å². The topological polar surface area (TPSA) is 21.5 Å². The molecular weight excluding hydrogens is 426 g/mol. The summed E-state index contributed by atoms with van der Waals surface area (Å²) >= 11 is 0. The molecule has 0 radical (unpaired) electrons. The SMILES string of the molecule is C/C(=C1/C=CC=CC1)c1cccc(-c2cc3c4ccccc4c(=O)n4c5ccccc5c(c2)c34)c1. The van der Waals surface area contributed by atoms with Gasteiger partial charge < -0.3 is 0 Å². The predicted octanol–water partition coefficient (Wildman–Crippen LogP) is 8.15. The second-order valence-electron chi connectivity index (χ2n) is 9.35. The molecule has 0 bridgehead atoms. The van der Waals surface area contributed by atoms with Gasteiger partial charge in [0.15, 0.2) is 0 Å². The van der Waals surface area contributed by atoms with Gasteiger partial charge in [0.05, 0.1) is 11.0 Å². The van der Waals surface area contributed by atoms with Crippen LogP contribution in [0.5, 0.6) is 0 Å². The summed E-state index contributed by atoms with van der Waals surface area (Å²) in [6, 6.07) is 29.5. The largest absolute Gasteiger partial charge is 0.275 e. The molecule has 2 aromatic heterocycles. The number of aromatic nitrogens is 1. The van der Waals surface area contributed by atoms with E-state index < -0.39 is 0 Å². The monoisotopic (exact) mass is 449 g/mol. The van der Waals surface area contributed by atoms with E-state index in [1.165, 1.54) is 27.8 Å².